The Labute approximate surface area is 139 Å². The molecule has 0 aromatic rings. The van der Waals surface area contributed by atoms with Gasteiger partial charge in [-0.15, -0.1) is 0 Å². The zero-order chi connectivity index (χ0) is 15.8. The van der Waals surface area contributed by atoms with E-state index in [1.807, 2.05) is 9.80 Å². The van der Waals surface area contributed by atoms with Gasteiger partial charge in [-0.25, -0.2) is 0 Å². The summed E-state index contributed by atoms with van der Waals surface area (Å²) >= 11 is 0. The molecule has 2 aliphatic carbocycles. The highest BCUT2D eigenvalue weighted by atomic mass is 16.2. The van der Waals surface area contributed by atoms with Gasteiger partial charge in [-0.1, -0.05) is 6.42 Å². The van der Waals surface area contributed by atoms with Gasteiger partial charge in [0.05, 0.1) is 0 Å². The van der Waals surface area contributed by atoms with Crippen LogP contribution in [-0.4, -0.2) is 71.3 Å². The smallest absolute Gasteiger partial charge is 0.245 e. The minimum absolute atomic E-state index is 0.168. The maximum Gasteiger partial charge on any atom is 0.245 e. The Bertz CT molecular complexity index is 473. The van der Waals surface area contributed by atoms with E-state index < -0.39 is 0 Å². The summed E-state index contributed by atoms with van der Waals surface area (Å²) in [5.41, 5.74) is 0. The van der Waals surface area contributed by atoms with Crippen LogP contribution in [0, 0.1) is 5.92 Å². The van der Waals surface area contributed by atoms with Crippen molar-refractivity contribution in [1.29, 1.82) is 0 Å². The highest BCUT2D eigenvalue weighted by molar-refractivity contribution is 5.90. The lowest BCUT2D eigenvalue weighted by Crippen LogP contribution is -2.49. The molecule has 4 fully saturated rings. The molecule has 4 rings (SSSR count). The molecule has 2 aliphatic heterocycles. The van der Waals surface area contributed by atoms with Gasteiger partial charge >= 0.3 is 0 Å². The average molecular weight is 319 g/mol. The number of carbonyl (C=O) groups excluding carboxylic acids is 2. The molecule has 2 saturated heterocycles. The summed E-state index contributed by atoms with van der Waals surface area (Å²) in [7, 11) is 0. The number of nitrogens with zero attached hydrogens (tertiary/aromatic N) is 3. The normalized spacial score (nSPS) is 30.2. The summed E-state index contributed by atoms with van der Waals surface area (Å²) in [5.74, 6) is 0.681. The highest BCUT2D eigenvalue weighted by Crippen LogP contribution is 2.34. The molecule has 0 aromatic heterocycles. The molecule has 4 aliphatic rings. The van der Waals surface area contributed by atoms with Gasteiger partial charge in [0.1, 0.15) is 6.04 Å². The van der Waals surface area contributed by atoms with E-state index in [9.17, 15) is 9.59 Å². The van der Waals surface area contributed by atoms with Crippen molar-refractivity contribution >= 4 is 11.8 Å². The molecule has 2 heterocycles. The lowest BCUT2D eigenvalue weighted by molar-refractivity contribution is -0.144. The van der Waals surface area contributed by atoms with Crippen LogP contribution in [0.4, 0.5) is 0 Å². The summed E-state index contributed by atoms with van der Waals surface area (Å²) in [5, 5.41) is 0. The van der Waals surface area contributed by atoms with Crippen molar-refractivity contribution in [1.82, 2.24) is 14.7 Å². The molecular formula is C18H29N3O2. The van der Waals surface area contributed by atoms with E-state index in [-0.39, 0.29) is 23.8 Å². The number of rotatable bonds is 3. The number of amides is 2. The fourth-order valence-corrected chi connectivity index (χ4v) is 4.34. The van der Waals surface area contributed by atoms with Gasteiger partial charge in [-0.3, -0.25) is 14.5 Å². The molecule has 2 amide bonds. The van der Waals surface area contributed by atoms with E-state index in [4.69, 9.17) is 0 Å². The Hall–Kier alpha value is -1.10. The monoisotopic (exact) mass is 319 g/mol. The lowest BCUT2D eigenvalue weighted by Gasteiger charge is -2.37. The molecule has 0 N–H and O–H groups in total. The maximum absolute atomic E-state index is 13.0. The average Bonchev–Trinajstić information content (AvgIpc) is 3.27. The van der Waals surface area contributed by atoms with Gasteiger partial charge in [0.25, 0.3) is 0 Å². The second-order valence-electron chi connectivity index (χ2n) is 7.76. The molecule has 5 nitrogen and oxygen atoms in total. The molecule has 23 heavy (non-hydrogen) atoms. The van der Waals surface area contributed by atoms with Crippen molar-refractivity contribution in [3.63, 3.8) is 0 Å². The van der Waals surface area contributed by atoms with Gasteiger partial charge in [-0.2, -0.15) is 0 Å². The topological polar surface area (TPSA) is 43.9 Å². The summed E-state index contributed by atoms with van der Waals surface area (Å²) in [6.45, 7) is 4.64. The first-order valence-corrected chi connectivity index (χ1v) is 9.57. The molecule has 0 radical (unpaired) electrons. The minimum atomic E-state index is -0.168. The summed E-state index contributed by atoms with van der Waals surface area (Å²) in [6.07, 6.45) is 9.00. The molecule has 0 aromatic carbocycles. The number of hydrogen-bond acceptors (Lipinski definition) is 3. The summed E-state index contributed by atoms with van der Waals surface area (Å²) < 4.78 is 0. The fraction of sp³-hybridized carbons (Fsp3) is 0.889. The molecule has 2 saturated carbocycles. The van der Waals surface area contributed by atoms with Crippen LogP contribution >= 0.6 is 0 Å². The number of hydrogen-bond donors (Lipinski definition) is 0. The standard InChI is InChI=1S/C18H29N3O2/c22-17(14-7-8-14)21-11-2-6-16(21)18(23)20-10-3-9-19(12-13-20)15-4-1-5-15/h14-16H,1-13H2/t16-/m1/s1. The van der Waals surface area contributed by atoms with Crippen molar-refractivity contribution < 1.29 is 9.59 Å². The Morgan fingerprint density at radius 2 is 1.52 bits per heavy atom. The predicted octanol–water partition coefficient (Wildman–Crippen LogP) is 1.47. The molecule has 0 spiro atoms. The molecule has 5 heteroatoms. The van der Waals surface area contributed by atoms with Crippen LogP contribution in [0.3, 0.4) is 0 Å². The Kier molecular flexibility index (Phi) is 4.31. The molecule has 128 valence electrons. The largest absolute Gasteiger partial charge is 0.340 e. The van der Waals surface area contributed by atoms with Crippen molar-refractivity contribution in [3.05, 3.63) is 0 Å². The Morgan fingerprint density at radius 1 is 0.696 bits per heavy atom. The second kappa shape index (κ2) is 6.42. The zero-order valence-electron chi connectivity index (χ0n) is 14.1. The number of likely N-dealkylation sites (tertiary alicyclic amines) is 1. The second-order valence-corrected chi connectivity index (χ2v) is 7.76. The highest BCUT2D eigenvalue weighted by Gasteiger charge is 2.42. The summed E-state index contributed by atoms with van der Waals surface area (Å²) in [4.78, 5) is 31.9. The van der Waals surface area contributed by atoms with Crippen LogP contribution in [0.2, 0.25) is 0 Å². The fourth-order valence-electron chi connectivity index (χ4n) is 4.34. The van der Waals surface area contributed by atoms with Crippen molar-refractivity contribution in [2.45, 2.75) is 63.5 Å². The predicted molar refractivity (Wildman–Crippen MR) is 87.9 cm³/mol. The van der Waals surface area contributed by atoms with Crippen LogP contribution in [0.1, 0.15) is 51.4 Å². The Balaban J connectivity index is 1.36. The zero-order valence-corrected chi connectivity index (χ0v) is 14.1. The third-order valence-corrected chi connectivity index (χ3v) is 6.18. The lowest BCUT2D eigenvalue weighted by atomic mass is 9.91. The van der Waals surface area contributed by atoms with Crippen molar-refractivity contribution in [3.8, 4) is 0 Å². The van der Waals surface area contributed by atoms with Crippen molar-refractivity contribution in [2.24, 2.45) is 5.92 Å². The van der Waals surface area contributed by atoms with Crippen LogP contribution in [0.25, 0.3) is 0 Å². The Morgan fingerprint density at radius 3 is 2.22 bits per heavy atom. The van der Waals surface area contributed by atoms with E-state index in [1.165, 1.54) is 19.3 Å². The van der Waals surface area contributed by atoms with E-state index in [1.54, 1.807) is 0 Å². The molecular weight excluding hydrogens is 290 g/mol. The van der Waals surface area contributed by atoms with Gasteiger partial charge in [0.15, 0.2) is 0 Å². The molecule has 0 unspecified atom stereocenters. The SMILES string of the molecule is O=C([C@H]1CCCN1C(=O)C1CC1)N1CCCN(C2CCC2)CC1. The van der Waals surface area contributed by atoms with Gasteiger partial charge in [0, 0.05) is 44.7 Å². The van der Waals surface area contributed by atoms with Crippen LogP contribution in [0.15, 0.2) is 0 Å². The maximum atomic E-state index is 13.0. The van der Waals surface area contributed by atoms with E-state index in [0.29, 0.717) is 0 Å². The van der Waals surface area contributed by atoms with E-state index in [0.717, 1.165) is 70.9 Å². The van der Waals surface area contributed by atoms with Gasteiger partial charge in [0.2, 0.25) is 11.8 Å². The van der Waals surface area contributed by atoms with Crippen molar-refractivity contribution in [2.75, 3.05) is 32.7 Å². The van der Waals surface area contributed by atoms with Crippen LogP contribution in [0.5, 0.6) is 0 Å². The molecule has 1 atom stereocenters. The quantitative estimate of drug-likeness (QED) is 0.791. The third-order valence-electron chi connectivity index (χ3n) is 6.18. The van der Waals surface area contributed by atoms with E-state index >= 15 is 0 Å². The van der Waals surface area contributed by atoms with Crippen LogP contribution in [-0.2, 0) is 9.59 Å². The first kappa shape index (κ1) is 15.4. The first-order valence-electron chi connectivity index (χ1n) is 9.57. The van der Waals surface area contributed by atoms with Gasteiger partial charge in [-0.05, 0) is 44.9 Å². The number of carbonyl (C=O) groups is 2. The van der Waals surface area contributed by atoms with Crippen LogP contribution < -0.4 is 0 Å². The third kappa shape index (κ3) is 3.12. The first-order chi connectivity index (χ1) is 11.2. The van der Waals surface area contributed by atoms with E-state index in [2.05, 4.69) is 4.90 Å². The summed E-state index contributed by atoms with van der Waals surface area (Å²) in [6, 6.07) is 0.600. The van der Waals surface area contributed by atoms with Gasteiger partial charge < -0.3 is 9.80 Å². The minimum Gasteiger partial charge on any atom is -0.340 e. The molecule has 0 bridgehead atoms.